The molecule has 132 valence electrons. The lowest BCUT2D eigenvalue weighted by Crippen LogP contribution is -2.18. The third-order valence-corrected chi connectivity index (χ3v) is 4.67. The quantitative estimate of drug-likeness (QED) is 0.346. The number of nitrogens with one attached hydrogen (secondary N) is 2. The second-order valence-electron chi connectivity index (χ2n) is 5.64. The van der Waals surface area contributed by atoms with Gasteiger partial charge in [-0.15, -0.1) is 5.10 Å². The molecule has 0 saturated carbocycles. The maximum atomic E-state index is 4.69. The molecule has 0 fully saturated rings. The highest BCUT2D eigenvalue weighted by Crippen LogP contribution is 2.23. The van der Waals surface area contributed by atoms with E-state index in [4.69, 9.17) is 4.98 Å². The third kappa shape index (κ3) is 4.46. The van der Waals surface area contributed by atoms with E-state index in [1.54, 1.807) is 11.8 Å². The van der Waals surface area contributed by atoms with Crippen molar-refractivity contribution in [2.24, 2.45) is 0 Å². The summed E-state index contributed by atoms with van der Waals surface area (Å²) in [6.07, 6.45) is 1.08. The number of likely N-dealkylation sites (N-methyl/N-ethyl adjacent to an activating group) is 1. The molecule has 0 atom stereocenters. The zero-order valence-corrected chi connectivity index (χ0v) is 15.4. The Morgan fingerprint density at radius 3 is 2.72 bits per heavy atom. The number of anilines is 1. The summed E-state index contributed by atoms with van der Waals surface area (Å²) in [4.78, 5) is 9.32. The maximum absolute atomic E-state index is 4.69. The summed E-state index contributed by atoms with van der Waals surface area (Å²) >= 11 is 1.66. The number of fused-ring (bicyclic) bond motifs is 1. The third-order valence-electron chi connectivity index (χ3n) is 3.62. The minimum absolute atomic E-state index is 0.641. The van der Waals surface area contributed by atoms with Crippen LogP contribution in [0.4, 0.5) is 5.82 Å². The minimum atomic E-state index is 0.641. The van der Waals surface area contributed by atoms with Gasteiger partial charge in [-0.25, -0.2) is 14.6 Å². The summed E-state index contributed by atoms with van der Waals surface area (Å²) in [6.45, 7) is 4.41. The molecule has 0 spiro atoms. The van der Waals surface area contributed by atoms with Crippen LogP contribution in [0.15, 0.2) is 35.5 Å². The van der Waals surface area contributed by atoms with Crippen LogP contribution in [0.3, 0.4) is 0 Å². The molecule has 3 rings (SSSR count). The predicted molar refractivity (Wildman–Crippen MR) is 102 cm³/mol. The number of aromatic nitrogens is 5. The Morgan fingerprint density at radius 1 is 1.12 bits per heavy atom. The topological polar surface area (TPSA) is 80.5 Å². The van der Waals surface area contributed by atoms with Gasteiger partial charge in [0.1, 0.15) is 0 Å². The normalized spacial score (nSPS) is 11.1. The van der Waals surface area contributed by atoms with Gasteiger partial charge in [0.05, 0.1) is 6.54 Å². The SMILES string of the molecule is CCCSc1nc(NCCNC)c2nnn(Cc3ccccc3)c2n1. The van der Waals surface area contributed by atoms with E-state index < -0.39 is 0 Å². The molecule has 0 aliphatic rings. The van der Waals surface area contributed by atoms with E-state index in [2.05, 4.69) is 45.0 Å². The van der Waals surface area contributed by atoms with E-state index in [-0.39, 0.29) is 0 Å². The monoisotopic (exact) mass is 357 g/mol. The van der Waals surface area contributed by atoms with E-state index >= 15 is 0 Å². The van der Waals surface area contributed by atoms with Crippen molar-refractivity contribution < 1.29 is 0 Å². The van der Waals surface area contributed by atoms with E-state index in [1.807, 2.05) is 29.9 Å². The Kier molecular flexibility index (Phi) is 6.19. The molecular weight excluding hydrogens is 334 g/mol. The Hall–Kier alpha value is -2.19. The number of hydrogen-bond acceptors (Lipinski definition) is 7. The fraction of sp³-hybridized carbons (Fsp3) is 0.412. The summed E-state index contributed by atoms with van der Waals surface area (Å²) in [5, 5.41) is 15.8. The second kappa shape index (κ2) is 8.77. The van der Waals surface area contributed by atoms with Crippen LogP contribution in [0.2, 0.25) is 0 Å². The lowest BCUT2D eigenvalue weighted by atomic mass is 10.2. The predicted octanol–water partition coefficient (Wildman–Crippen LogP) is 2.40. The fourth-order valence-corrected chi connectivity index (χ4v) is 3.08. The number of benzene rings is 1. The highest BCUT2D eigenvalue weighted by atomic mass is 32.2. The van der Waals surface area contributed by atoms with Gasteiger partial charge in [0.2, 0.25) is 0 Å². The molecule has 0 saturated heterocycles. The minimum Gasteiger partial charge on any atom is -0.367 e. The van der Waals surface area contributed by atoms with Gasteiger partial charge in [0.25, 0.3) is 0 Å². The average Bonchev–Trinajstić information content (AvgIpc) is 3.04. The maximum Gasteiger partial charge on any atom is 0.191 e. The van der Waals surface area contributed by atoms with Gasteiger partial charge < -0.3 is 10.6 Å². The Bertz CT molecular complexity index is 803. The molecule has 8 heteroatoms. The first-order valence-corrected chi connectivity index (χ1v) is 9.46. The first-order valence-electron chi connectivity index (χ1n) is 8.48. The molecule has 2 N–H and O–H groups in total. The molecule has 0 unspecified atom stereocenters. The lowest BCUT2D eigenvalue weighted by molar-refractivity contribution is 0.661. The second-order valence-corrected chi connectivity index (χ2v) is 6.70. The Balaban J connectivity index is 1.94. The number of nitrogens with zero attached hydrogens (tertiary/aromatic N) is 5. The number of rotatable bonds is 9. The Morgan fingerprint density at radius 2 is 1.96 bits per heavy atom. The van der Waals surface area contributed by atoms with Gasteiger partial charge in [-0.3, -0.25) is 0 Å². The van der Waals surface area contributed by atoms with E-state index in [1.165, 1.54) is 5.56 Å². The molecule has 0 amide bonds. The van der Waals surface area contributed by atoms with Crippen molar-refractivity contribution in [1.82, 2.24) is 30.3 Å². The largest absolute Gasteiger partial charge is 0.367 e. The molecule has 7 nitrogen and oxygen atoms in total. The molecule has 0 aliphatic carbocycles. The van der Waals surface area contributed by atoms with E-state index in [0.717, 1.165) is 41.9 Å². The summed E-state index contributed by atoms with van der Waals surface area (Å²) < 4.78 is 1.84. The lowest BCUT2D eigenvalue weighted by Gasteiger charge is -2.08. The van der Waals surface area contributed by atoms with Gasteiger partial charge >= 0.3 is 0 Å². The van der Waals surface area contributed by atoms with Crippen LogP contribution >= 0.6 is 11.8 Å². The van der Waals surface area contributed by atoms with Gasteiger partial charge in [-0.05, 0) is 19.0 Å². The number of thioether (sulfide) groups is 1. The highest BCUT2D eigenvalue weighted by molar-refractivity contribution is 7.99. The highest BCUT2D eigenvalue weighted by Gasteiger charge is 2.15. The van der Waals surface area contributed by atoms with Gasteiger partial charge in [-0.1, -0.05) is 54.2 Å². The van der Waals surface area contributed by atoms with Crippen molar-refractivity contribution in [3.8, 4) is 0 Å². The van der Waals surface area contributed by atoms with Gasteiger partial charge in [-0.2, -0.15) is 0 Å². The molecule has 2 heterocycles. The van der Waals surface area contributed by atoms with Crippen LogP contribution in [-0.4, -0.2) is 50.9 Å². The van der Waals surface area contributed by atoms with Crippen molar-refractivity contribution in [3.63, 3.8) is 0 Å². The Labute approximate surface area is 151 Å². The summed E-state index contributed by atoms with van der Waals surface area (Å²) in [5.74, 6) is 1.74. The van der Waals surface area contributed by atoms with Crippen molar-refractivity contribution in [2.75, 3.05) is 31.2 Å². The number of hydrogen-bond donors (Lipinski definition) is 2. The molecular formula is C17H23N7S. The average molecular weight is 357 g/mol. The van der Waals surface area contributed by atoms with Crippen molar-refractivity contribution in [2.45, 2.75) is 25.0 Å². The zero-order valence-electron chi connectivity index (χ0n) is 14.6. The van der Waals surface area contributed by atoms with Crippen LogP contribution in [-0.2, 0) is 6.54 Å². The molecule has 2 aromatic heterocycles. The first kappa shape index (κ1) is 17.6. The standard InChI is InChI=1S/C17H23N7S/c1-3-11-25-17-20-15(19-10-9-18-2)14-16(21-17)24(23-22-14)12-13-7-5-4-6-8-13/h4-8,18H,3,9-12H2,1-2H3,(H,19,20,21). The first-order chi connectivity index (χ1) is 12.3. The van der Waals surface area contributed by atoms with Crippen LogP contribution in [0.1, 0.15) is 18.9 Å². The zero-order chi connectivity index (χ0) is 17.5. The smallest absolute Gasteiger partial charge is 0.191 e. The summed E-state index contributed by atoms with van der Waals surface area (Å²) in [7, 11) is 1.93. The van der Waals surface area contributed by atoms with Crippen molar-refractivity contribution in [1.29, 1.82) is 0 Å². The van der Waals surface area contributed by atoms with Crippen molar-refractivity contribution >= 4 is 28.7 Å². The summed E-state index contributed by atoms with van der Waals surface area (Å²) in [5.41, 5.74) is 2.65. The van der Waals surface area contributed by atoms with Crippen LogP contribution < -0.4 is 10.6 Å². The van der Waals surface area contributed by atoms with Crippen LogP contribution in [0, 0.1) is 0 Å². The molecule has 3 aromatic rings. The van der Waals surface area contributed by atoms with Crippen molar-refractivity contribution in [3.05, 3.63) is 35.9 Å². The van der Waals surface area contributed by atoms with Crippen LogP contribution in [0.25, 0.3) is 11.2 Å². The molecule has 1 aromatic carbocycles. The van der Waals surface area contributed by atoms with Gasteiger partial charge in [0, 0.05) is 18.8 Å². The van der Waals surface area contributed by atoms with Crippen LogP contribution in [0.5, 0.6) is 0 Å². The molecule has 25 heavy (non-hydrogen) atoms. The molecule has 0 bridgehead atoms. The molecule has 0 aliphatic heterocycles. The fourth-order valence-electron chi connectivity index (χ4n) is 2.39. The molecule has 0 radical (unpaired) electrons. The van der Waals surface area contributed by atoms with Gasteiger partial charge in [0.15, 0.2) is 22.1 Å². The summed E-state index contributed by atoms with van der Waals surface area (Å²) in [6, 6.07) is 10.2. The van der Waals surface area contributed by atoms with E-state index in [9.17, 15) is 0 Å². The van der Waals surface area contributed by atoms with E-state index in [0.29, 0.717) is 12.1 Å².